The van der Waals surface area contributed by atoms with Gasteiger partial charge >= 0.3 is 6.18 Å². The van der Waals surface area contributed by atoms with E-state index in [1.807, 2.05) is 0 Å². The number of nitrogens with zero attached hydrogens (tertiary/aromatic N) is 3. The molecule has 28 heavy (non-hydrogen) atoms. The van der Waals surface area contributed by atoms with Gasteiger partial charge in [0.25, 0.3) is 5.69 Å². The first-order valence-corrected chi connectivity index (χ1v) is 8.68. The maximum absolute atomic E-state index is 12.9. The number of piperazine rings is 1. The molecule has 1 fully saturated rings. The van der Waals surface area contributed by atoms with Crippen molar-refractivity contribution in [2.24, 2.45) is 0 Å². The van der Waals surface area contributed by atoms with Crippen LogP contribution < -0.4 is 4.90 Å². The lowest BCUT2D eigenvalue weighted by Crippen LogP contribution is -2.49. The molecule has 0 N–H and O–H groups in total. The van der Waals surface area contributed by atoms with Gasteiger partial charge in [-0.15, -0.1) is 0 Å². The Morgan fingerprint density at radius 3 is 2.36 bits per heavy atom. The van der Waals surface area contributed by atoms with E-state index in [0.29, 0.717) is 37.4 Å². The van der Waals surface area contributed by atoms with Crippen molar-refractivity contribution < 1.29 is 22.9 Å². The molecule has 1 aliphatic heterocycles. The van der Waals surface area contributed by atoms with Gasteiger partial charge in [0.2, 0.25) is 5.91 Å². The summed E-state index contributed by atoms with van der Waals surface area (Å²) in [6.07, 6.45) is -4.49. The van der Waals surface area contributed by atoms with Gasteiger partial charge in [-0.05, 0) is 18.2 Å². The molecule has 2 aromatic carbocycles. The Morgan fingerprint density at radius 1 is 1.04 bits per heavy atom. The maximum atomic E-state index is 12.9. The number of para-hydroxylation sites is 1. The summed E-state index contributed by atoms with van der Waals surface area (Å²) in [6.45, 7) is 1.47. The lowest BCUT2D eigenvalue weighted by Gasteiger charge is -2.36. The molecule has 1 aliphatic rings. The van der Waals surface area contributed by atoms with Crippen LogP contribution in [0.5, 0.6) is 0 Å². The van der Waals surface area contributed by atoms with Gasteiger partial charge in [0.1, 0.15) is 0 Å². The minimum absolute atomic E-state index is 0.0826. The Bertz CT molecular complexity index is 878. The Morgan fingerprint density at radius 2 is 1.71 bits per heavy atom. The Kier molecular flexibility index (Phi) is 5.53. The number of alkyl halides is 3. The molecule has 0 atom stereocenters. The highest BCUT2D eigenvalue weighted by Gasteiger charge is 2.31. The molecule has 0 saturated carbocycles. The Balaban J connectivity index is 1.63. The predicted molar refractivity (Wildman–Crippen MR) is 97.0 cm³/mol. The van der Waals surface area contributed by atoms with E-state index in [-0.39, 0.29) is 18.0 Å². The minimum Gasteiger partial charge on any atom is -0.368 e. The first-order valence-electron chi connectivity index (χ1n) is 8.68. The van der Waals surface area contributed by atoms with Gasteiger partial charge in [-0.1, -0.05) is 24.3 Å². The molecule has 0 radical (unpaired) electrons. The first kappa shape index (κ1) is 19.7. The average molecular weight is 393 g/mol. The molecule has 0 aromatic heterocycles. The molecule has 6 nitrogen and oxygen atoms in total. The lowest BCUT2D eigenvalue weighted by molar-refractivity contribution is -0.385. The standard InChI is InChI=1S/C19H18F3N3O3/c20-19(21,22)15-5-3-6-16(13-15)23-8-10-24(11-9-23)18(26)12-14-4-1-2-7-17(14)25(27)28/h1-7,13H,8-12H2. The predicted octanol–water partition coefficient (Wildman–Crippen LogP) is 3.50. The van der Waals surface area contributed by atoms with Crippen LogP contribution in [-0.2, 0) is 17.4 Å². The van der Waals surface area contributed by atoms with Crippen molar-refractivity contribution in [2.45, 2.75) is 12.6 Å². The molecular weight excluding hydrogens is 375 g/mol. The zero-order valence-corrected chi connectivity index (χ0v) is 14.9. The summed E-state index contributed by atoms with van der Waals surface area (Å²) < 4.78 is 38.6. The Labute approximate surface area is 159 Å². The Hall–Kier alpha value is -3.10. The van der Waals surface area contributed by atoms with Gasteiger partial charge in [-0.25, -0.2) is 0 Å². The third-order valence-corrected chi connectivity index (χ3v) is 4.70. The molecule has 148 valence electrons. The van der Waals surface area contributed by atoms with Crippen molar-refractivity contribution in [3.8, 4) is 0 Å². The van der Waals surface area contributed by atoms with Crippen LogP contribution in [0.15, 0.2) is 48.5 Å². The number of nitro groups is 1. The van der Waals surface area contributed by atoms with Gasteiger partial charge in [0.15, 0.2) is 0 Å². The molecule has 3 rings (SSSR count). The summed E-state index contributed by atoms with van der Waals surface area (Å²) in [4.78, 5) is 26.4. The summed E-state index contributed by atoms with van der Waals surface area (Å²) in [6, 6.07) is 11.2. The van der Waals surface area contributed by atoms with E-state index in [1.54, 1.807) is 34.1 Å². The van der Waals surface area contributed by atoms with Gasteiger partial charge in [-0.3, -0.25) is 14.9 Å². The second-order valence-corrected chi connectivity index (χ2v) is 6.48. The van der Waals surface area contributed by atoms with Gasteiger partial charge < -0.3 is 9.80 Å². The first-order chi connectivity index (χ1) is 13.3. The second kappa shape index (κ2) is 7.87. The molecule has 2 aromatic rings. The van der Waals surface area contributed by atoms with E-state index in [9.17, 15) is 28.1 Å². The summed E-state index contributed by atoms with van der Waals surface area (Å²) >= 11 is 0. The number of hydrogen-bond donors (Lipinski definition) is 0. The zero-order valence-electron chi connectivity index (χ0n) is 14.9. The number of rotatable bonds is 4. The van der Waals surface area contributed by atoms with Crippen LogP contribution in [0, 0.1) is 10.1 Å². The van der Waals surface area contributed by atoms with Crippen molar-refractivity contribution in [3.05, 3.63) is 69.8 Å². The van der Waals surface area contributed by atoms with Crippen LogP contribution in [0.3, 0.4) is 0 Å². The summed E-state index contributed by atoms with van der Waals surface area (Å²) in [5, 5.41) is 11.1. The van der Waals surface area contributed by atoms with Crippen molar-refractivity contribution in [3.63, 3.8) is 0 Å². The molecule has 0 bridgehead atoms. The van der Waals surface area contributed by atoms with Crippen LogP contribution in [0.2, 0.25) is 0 Å². The average Bonchev–Trinajstić information content (AvgIpc) is 2.68. The molecule has 0 unspecified atom stereocenters. The molecular formula is C19H18F3N3O3. The molecule has 1 amide bonds. The fourth-order valence-electron chi connectivity index (χ4n) is 3.21. The van der Waals surface area contributed by atoms with Gasteiger partial charge in [-0.2, -0.15) is 13.2 Å². The molecule has 0 spiro atoms. The minimum atomic E-state index is -4.40. The van der Waals surface area contributed by atoms with Crippen molar-refractivity contribution >= 4 is 17.3 Å². The maximum Gasteiger partial charge on any atom is 0.416 e. The molecule has 9 heteroatoms. The number of benzene rings is 2. The monoisotopic (exact) mass is 393 g/mol. The highest BCUT2D eigenvalue weighted by molar-refractivity contribution is 5.80. The number of nitro benzene ring substituents is 1. The van der Waals surface area contributed by atoms with Crippen LogP contribution >= 0.6 is 0 Å². The molecule has 0 aliphatic carbocycles. The SMILES string of the molecule is O=C(Cc1ccccc1[N+](=O)[O-])N1CCN(c2cccc(C(F)(F)F)c2)CC1. The third-order valence-electron chi connectivity index (χ3n) is 4.70. The van der Waals surface area contributed by atoms with Crippen LogP contribution in [0.4, 0.5) is 24.5 Å². The summed E-state index contributed by atoms with van der Waals surface area (Å²) in [7, 11) is 0. The number of halogens is 3. The van der Waals surface area contributed by atoms with E-state index >= 15 is 0 Å². The topological polar surface area (TPSA) is 66.7 Å². The number of anilines is 1. The number of carbonyl (C=O) groups is 1. The fourth-order valence-corrected chi connectivity index (χ4v) is 3.21. The number of hydrogen-bond acceptors (Lipinski definition) is 4. The quantitative estimate of drug-likeness (QED) is 0.589. The van der Waals surface area contributed by atoms with E-state index < -0.39 is 16.7 Å². The fraction of sp³-hybridized carbons (Fsp3) is 0.316. The highest BCUT2D eigenvalue weighted by atomic mass is 19.4. The largest absolute Gasteiger partial charge is 0.416 e. The van der Waals surface area contributed by atoms with Crippen LogP contribution in [0.25, 0.3) is 0 Å². The smallest absolute Gasteiger partial charge is 0.368 e. The highest BCUT2D eigenvalue weighted by Crippen LogP contribution is 2.32. The van der Waals surface area contributed by atoms with E-state index in [0.717, 1.165) is 12.1 Å². The molecule has 1 heterocycles. The molecule has 1 saturated heterocycles. The van der Waals surface area contributed by atoms with Crippen LogP contribution in [0.1, 0.15) is 11.1 Å². The lowest BCUT2D eigenvalue weighted by atomic mass is 10.1. The number of carbonyl (C=O) groups excluding carboxylic acids is 1. The van der Waals surface area contributed by atoms with Crippen LogP contribution in [-0.4, -0.2) is 41.9 Å². The second-order valence-electron chi connectivity index (χ2n) is 6.48. The normalized spacial score (nSPS) is 14.8. The van der Waals surface area contributed by atoms with Crippen molar-refractivity contribution in [2.75, 3.05) is 31.1 Å². The third kappa shape index (κ3) is 4.41. The van der Waals surface area contributed by atoms with Crippen molar-refractivity contribution in [1.29, 1.82) is 0 Å². The summed E-state index contributed by atoms with van der Waals surface area (Å²) in [5.41, 5.74) is -0.00299. The van der Waals surface area contributed by atoms with E-state index in [2.05, 4.69) is 0 Å². The van der Waals surface area contributed by atoms with Gasteiger partial charge in [0, 0.05) is 43.5 Å². The van der Waals surface area contributed by atoms with Crippen molar-refractivity contribution in [1.82, 2.24) is 4.90 Å². The summed E-state index contributed by atoms with van der Waals surface area (Å²) in [5.74, 6) is -0.238. The van der Waals surface area contributed by atoms with E-state index in [1.165, 1.54) is 12.1 Å². The van der Waals surface area contributed by atoms with Gasteiger partial charge in [0.05, 0.1) is 16.9 Å². The zero-order chi connectivity index (χ0) is 20.3. The van der Waals surface area contributed by atoms with E-state index in [4.69, 9.17) is 0 Å². The number of amides is 1.